The molecule has 2 aromatic rings. The van der Waals surface area contributed by atoms with E-state index in [-0.39, 0.29) is 12.4 Å². The van der Waals surface area contributed by atoms with Crippen molar-refractivity contribution in [2.75, 3.05) is 0 Å². The lowest BCUT2D eigenvalue weighted by molar-refractivity contribution is 0.106. The van der Waals surface area contributed by atoms with E-state index in [1.165, 1.54) is 0 Å². The van der Waals surface area contributed by atoms with Crippen LogP contribution in [0.3, 0.4) is 0 Å². The highest BCUT2D eigenvalue weighted by molar-refractivity contribution is 6.35. The van der Waals surface area contributed by atoms with Crippen molar-refractivity contribution in [2.45, 2.75) is 20.0 Å². The first kappa shape index (κ1) is 15.3. The average Bonchev–Trinajstić information content (AvgIpc) is 2.52. The summed E-state index contributed by atoms with van der Waals surface area (Å²) in [4.78, 5) is 11.7. The highest BCUT2D eigenvalue weighted by atomic mass is 35.5. The van der Waals surface area contributed by atoms with Gasteiger partial charge in [0.25, 0.3) is 0 Å². The van der Waals surface area contributed by atoms with Crippen molar-refractivity contribution < 1.29 is 9.53 Å². The average molecular weight is 302 g/mol. The number of Topliss-reactive ketones (excluding diaryl/α,β-unsaturated/α-hetero) is 1. The van der Waals surface area contributed by atoms with Crippen molar-refractivity contribution in [1.29, 1.82) is 5.41 Å². The topological polar surface area (TPSA) is 50.2 Å². The van der Waals surface area contributed by atoms with E-state index >= 15 is 0 Å². The molecule has 0 atom stereocenters. The van der Waals surface area contributed by atoms with Crippen LogP contribution in [0.2, 0.25) is 5.02 Å². The number of hydrogen-bond donors (Lipinski definition) is 1. The monoisotopic (exact) mass is 301 g/mol. The standard InChI is InChI=1S/C17H16ClNO2/c1-2-12-5-3-4-6-17(12)21-11-13-9-14(18)7-8-15(13)16(20)10-19/h3-10,19H,2,11H2,1H3. The third-order valence-electron chi connectivity index (χ3n) is 3.20. The summed E-state index contributed by atoms with van der Waals surface area (Å²) in [5.74, 6) is 0.447. The van der Waals surface area contributed by atoms with Crippen LogP contribution in [0.25, 0.3) is 0 Å². The Morgan fingerprint density at radius 3 is 2.71 bits per heavy atom. The fourth-order valence-electron chi connectivity index (χ4n) is 2.09. The molecule has 0 saturated heterocycles. The van der Waals surface area contributed by atoms with Crippen molar-refractivity contribution in [2.24, 2.45) is 0 Å². The number of carbonyl (C=O) groups excluding carboxylic acids is 1. The molecule has 0 unspecified atom stereocenters. The number of aryl methyl sites for hydroxylation is 1. The smallest absolute Gasteiger partial charge is 0.203 e. The second-order valence-corrected chi connectivity index (χ2v) is 5.00. The molecule has 0 heterocycles. The second kappa shape index (κ2) is 7.04. The molecule has 0 bridgehead atoms. The molecule has 0 aromatic heterocycles. The van der Waals surface area contributed by atoms with Crippen molar-refractivity contribution in [3.8, 4) is 5.75 Å². The van der Waals surface area contributed by atoms with Gasteiger partial charge < -0.3 is 10.1 Å². The lowest BCUT2D eigenvalue weighted by atomic mass is 10.0. The lowest BCUT2D eigenvalue weighted by Crippen LogP contribution is -2.07. The minimum Gasteiger partial charge on any atom is -0.489 e. The first-order chi connectivity index (χ1) is 10.2. The largest absolute Gasteiger partial charge is 0.489 e. The zero-order chi connectivity index (χ0) is 15.2. The van der Waals surface area contributed by atoms with Crippen molar-refractivity contribution in [3.63, 3.8) is 0 Å². The maximum Gasteiger partial charge on any atom is 0.203 e. The molecule has 0 radical (unpaired) electrons. The van der Waals surface area contributed by atoms with E-state index in [4.69, 9.17) is 21.7 Å². The molecule has 0 saturated carbocycles. The normalized spacial score (nSPS) is 10.2. The minimum absolute atomic E-state index is 0.243. The summed E-state index contributed by atoms with van der Waals surface area (Å²) in [7, 11) is 0. The van der Waals surface area contributed by atoms with Gasteiger partial charge in [-0.25, -0.2) is 0 Å². The van der Waals surface area contributed by atoms with Crippen molar-refractivity contribution in [3.05, 3.63) is 64.2 Å². The molecule has 0 spiro atoms. The molecule has 2 aromatic carbocycles. The zero-order valence-corrected chi connectivity index (χ0v) is 12.5. The van der Waals surface area contributed by atoms with Gasteiger partial charge >= 0.3 is 0 Å². The van der Waals surface area contributed by atoms with Gasteiger partial charge in [-0.2, -0.15) is 0 Å². The number of para-hydroxylation sites is 1. The van der Waals surface area contributed by atoms with Gasteiger partial charge in [0, 0.05) is 16.1 Å². The highest BCUT2D eigenvalue weighted by Crippen LogP contribution is 2.22. The summed E-state index contributed by atoms with van der Waals surface area (Å²) in [6.45, 7) is 2.30. The Morgan fingerprint density at radius 1 is 1.24 bits per heavy atom. The van der Waals surface area contributed by atoms with Gasteiger partial charge in [-0.1, -0.05) is 36.7 Å². The van der Waals surface area contributed by atoms with Crippen LogP contribution in [0.15, 0.2) is 42.5 Å². The van der Waals surface area contributed by atoms with E-state index in [9.17, 15) is 4.79 Å². The SMILES string of the molecule is CCc1ccccc1OCc1cc(Cl)ccc1C(=O)C=N. The fourth-order valence-corrected chi connectivity index (χ4v) is 2.29. The first-order valence-electron chi connectivity index (χ1n) is 6.69. The molecular formula is C17H16ClNO2. The van der Waals surface area contributed by atoms with E-state index in [0.717, 1.165) is 23.9 Å². The highest BCUT2D eigenvalue weighted by Gasteiger charge is 2.11. The molecular weight excluding hydrogens is 286 g/mol. The summed E-state index contributed by atoms with van der Waals surface area (Å²) in [6.07, 6.45) is 1.67. The van der Waals surface area contributed by atoms with E-state index in [2.05, 4.69) is 6.92 Å². The Bertz CT molecular complexity index is 668. The molecule has 0 aliphatic heterocycles. The van der Waals surface area contributed by atoms with Crippen LogP contribution in [-0.2, 0) is 13.0 Å². The molecule has 21 heavy (non-hydrogen) atoms. The van der Waals surface area contributed by atoms with Gasteiger partial charge in [0.15, 0.2) is 0 Å². The molecule has 3 nitrogen and oxygen atoms in total. The molecule has 0 fully saturated rings. The molecule has 2 rings (SSSR count). The molecule has 0 amide bonds. The first-order valence-corrected chi connectivity index (χ1v) is 7.07. The van der Waals surface area contributed by atoms with Gasteiger partial charge in [0.05, 0.1) is 6.21 Å². The number of benzene rings is 2. The Morgan fingerprint density at radius 2 is 2.00 bits per heavy atom. The van der Waals surface area contributed by atoms with Gasteiger partial charge in [0.2, 0.25) is 5.78 Å². The van der Waals surface area contributed by atoms with Crippen LogP contribution in [0.4, 0.5) is 0 Å². The quantitative estimate of drug-likeness (QED) is 0.638. The van der Waals surface area contributed by atoms with E-state index < -0.39 is 0 Å². The van der Waals surface area contributed by atoms with Gasteiger partial charge in [-0.05, 0) is 36.2 Å². The van der Waals surface area contributed by atoms with E-state index in [1.807, 2.05) is 24.3 Å². The fraction of sp³-hybridized carbons (Fsp3) is 0.176. The van der Waals surface area contributed by atoms with Gasteiger partial charge in [-0.3, -0.25) is 4.79 Å². The van der Waals surface area contributed by atoms with Gasteiger partial charge in [0.1, 0.15) is 12.4 Å². The Hall–Kier alpha value is -2.13. The minimum atomic E-state index is -0.353. The Labute approximate surface area is 129 Å². The Balaban J connectivity index is 2.25. The van der Waals surface area contributed by atoms with Crippen LogP contribution in [0.5, 0.6) is 5.75 Å². The molecule has 4 heteroatoms. The van der Waals surface area contributed by atoms with Crippen molar-refractivity contribution in [1.82, 2.24) is 0 Å². The molecule has 0 aliphatic carbocycles. The van der Waals surface area contributed by atoms with Crippen LogP contribution in [-0.4, -0.2) is 12.0 Å². The van der Waals surface area contributed by atoms with Crippen LogP contribution >= 0.6 is 11.6 Å². The number of ether oxygens (including phenoxy) is 1. The number of carbonyl (C=O) groups is 1. The third-order valence-corrected chi connectivity index (χ3v) is 3.44. The summed E-state index contributed by atoms with van der Waals surface area (Å²) in [6, 6.07) is 12.8. The second-order valence-electron chi connectivity index (χ2n) is 4.56. The van der Waals surface area contributed by atoms with Crippen molar-refractivity contribution >= 4 is 23.6 Å². The third kappa shape index (κ3) is 3.70. The molecule has 108 valence electrons. The lowest BCUT2D eigenvalue weighted by Gasteiger charge is -2.12. The van der Waals surface area contributed by atoms with Gasteiger partial charge in [-0.15, -0.1) is 0 Å². The van der Waals surface area contributed by atoms with Crippen LogP contribution in [0, 0.1) is 5.41 Å². The molecule has 1 N–H and O–H groups in total. The number of rotatable bonds is 6. The van der Waals surface area contributed by atoms with E-state index in [0.29, 0.717) is 16.1 Å². The van der Waals surface area contributed by atoms with Crippen LogP contribution in [0.1, 0.15) is 28.4 Å². The maximum absolute atomic E-state index is 11.7. The summed E-state index contributed by atoms with van der Waals surface area (Å²) < 4.78 is 5.82. The number of nitrogens with one attached hydrogen (secondary N) is 1. The predicted molar refractivity (Wildman–Crippen MR) is 84.7 cm³/mol. The Kier molecular flexibility index (Phi) is 5.12. The maximum atomic E-state index is 11.7. The summed E-state index contributed by atoms with van der Waals surface area (Å²) in [5, 5.41) is 7.65. The summed E-state index contributed by atoms with van der Waals surface area (Å²) >= 11 is 5.98. The zero-order valence-electron chi connectivity index (χ0n) is 11.7. The predicted octanol–water partition coefficient (Wildman–Crippen LogP) is 4.31. The number of hydrogen-bond acceptors (Lipinski definition) is 3. The molecule has 0 aliphatic rings. The van der Waals surface area contributed by atoms with Crippen LogP contribution < -0.4 is 4.74 Å². The summed E-state index contributed by atoms with van der Waals surface area (Å²) in [5.41, 5.74) is 2.24. The number of ketones is 1. The number of halogens is 1. The van der Waals surface area contributed by atoms with E-state index in [1.54, 1.807) is 18.2 Å².